The van der Waals surface area contributed by atoms with Crippen LogP contribution in [0.15, 0.2) is 60.8 Å². The van der Waals surface area contributed by atoms with Crippen molar-refractivity contribution in [3.05, 3.63) is 76.5 Å². The molecule has 4 aromatic rings. The van der Waals surface area contributed by atoms with Crippen LogP contribution >= 0.6 is 23.2 Å². The van der Waals surface area contributed by atoms with Crippen LogP contribution in [0.5, 0.6) is 0 Å². The SMILES string of the molecule is CC(C)(C)c1cc(Nc2ccc(Cl)c(Cl)c2)n2ncc(-c3ccccc3)c2n1. The van der Waals surface area contributed by atoms with Crippen LogP contribution in [-0.4, -0.2) is 14.6 Å². The molecule has 0 spiro atoms. The van der Waals surface area contributed by atoms with Gasteiger partial charge in [-0.05, 0) is 23.8 Å². The van der Waals surface area contributed by atoms with Crippen LogP contribution < -0.4 is 5.32 Å². The van der Waals surface area contributed by atoms with Crippen LogP contribution in [0.3, 0.4) is 0 Å². The van der Waals surface area contributed by atoms with E-state index < -0.39 is 0 Å². The summed E-state index contributed by atoms with van der Waals surface area (Å²) in [6.07, 6.45) is 1.85. The number of halogens is 2. The van der Waals surface area contributed by atoms with Gasteiger partial charge in [0, 0.05) is 22.7 Å². The Morgan fingerprint density at radius 1 is 0.929 bits per heavy atom. The van der Waals surface area contributed by atoms with Crippen molar-refractivity contribution in [2.24, 2.45) is 0 Å². The average molecular weight is 411 g/mol. The molecule has 0 bridgehead atoms. The molecule has 142 valence electrons. The smallest absolute Gasteiger partial charge is 0.165 e. The molecular formula is C22H20Cl2N4. The molecule has 28 heavy (non-hydrogen) atoms. The topological polar surface area (TPSA) is 42.2 Å². The van der Waals surface area contributed by atoms with Crippen molar-refractivity contribution in [1.29, 1.82) is 0 Å². The number of aromatic nitrogens is 3. The van der Waals surface area contributed by atoms with Gasteiger partial charge in [0.05, 0.1) is 21.9 Å². The van der Waals surface area contributed by atoms with E-state index in [4.69, 9.17) is 28.2 Å². The number of nitrogens with one attached hydrogen (secondary N) is 1. The lowest BCUT2D eigenvalue weighted by atomic mass is 9.92. The first-order valence-corrected chi connectivity index (χ1v) is 9.75. The monoisotopic (exact) mass is 410 g/mol. The fraction of sp³-hybridized carbons (Fsp3) is 0.182. The summed E-state index contributed by atoms with van der Waals surface area (Å²) in [5.74, 6) is 0.815. The molecule has 4 rings (SSSR count). The number of fused-ring (bicyclic) bond motifs is 1. The largest absolute Gasteiger partial charge is 0.340 e. The highest BCUT2D eigenvalue weighted by Crippen LogP contribution is 2.32. The summed E-state index contributed by atoms with van der Waals surface area (Å²) in [4.78, 5) is 4.93. The number of benzene rings is 2. The minimum atomic E-state index is -0.117. The van der Waals surface area contributed by atoms with E-state index in [1.807, 2.05) is 41.0 Å². The Kier molecular flexibility index (Phi) is 4.77. The summed E-state index contributed by atoms with van der Waals surface area (Å²) in [5, 5.41) is 9.02. The lowest BCUT2D eigenvalue weighted by Crippen LogP contribution is -2.16. The fourth-order valence-electron chi connectivity index (χ4n) is 2.98. The van der Waals surface area contributed by atoms with Crippen molar-refractivity contribution in [2.75, 3.05) is 5.32 Å². The normalized spacial score (nSPS) is 11.8. The van der Waals surface area contributed by atoms with Gasteiger partial charge in [-0.15, -0.1) is 0 Å². The first-order valence-electron chi connectivity index (χ1n) is 9.00. The maximum absolute atomic E-state index is 6.18. The van der Waals surface area contributed by atoms with Gasteiger partial charge < -0.3 is 5.32 Å². The first kappa shape index (κ1) is 18.8. The minimum absolute atomic E-state index is 0.117. The van der Waals surface area contributed by atoms with Crippen molar-refractivity contribution in [2.45, 2.75) is 26.2 Å². The van der Waals surface area contributed by atoms with Gasteiger partial charge in [0.2, 0.25) is 0 Å². The predicted octanol–water partition coefficient (Wildman–Crippen LogP) is 6.74. The molecule has 1 N–H and O–H groups in total. The Labute approximate surface area is 174 Å². The van der Waals surface area contributed by atoms with E-state index >= 15 is 0 Å². The van der Waals surface area contributed by atoms with E-state index in [-0.39, 0.29) is 5.41 Å². The third-order valence-electron chi connectivity index (χ3n) is 4.52. The van der Waals surface area contributed by atoms with Crippen LogP contribution in [-0.2, 0) is 5.41 Å². The van der Waals surface area contributed by atoms with Gasteiger partial charge >= 0.3 is 0 Å². The second-order valence-corrected chi connectivity index (χ2v) is 8.50. The molecule has 0 atom stereocenters. The Morgan fingerprint density at radius 3 is 2.36 bits per heavy atom. The number of hydrogen-bond acceptors (Lipinski definition) is 3. The van der Waals surface area contributed by atoms with E-state index in [1.165, 1.54) is 0 Å². The Hall–Kier alpha value is -2.56. The van der Waals surface area contributed by atoms with Crippen molar-refractivity contribution < 1.29 is 0 Å². The number of anilines is 2. The maximum atomic E-state index is 6.18. The van der Waals surface area contributed by atoms with Gasteiger partial charge in [-0.2, -0.15) is 9.61 Å². The molecule has 2 aromatic carbocycles. The highest BCUT2D eigenvalue weighted by Gasteiger charge is 2.20. The van der Waals surface area contributed by atoms with E-state index in [1.54, 1.807) is 12.1 Å². The van der Waals surface area contributed by atoms with Gasteiger partial charge in [-0.1, -0.05) is 74.3 Å². The van der Waals surface area contributed by atoms with Crippen molar-refractivity contribution in [3.8, 4) is 11.1 Å². The number of nitrogens with zero attached hydrogens (tertiary/aromatic N) is 3. The molecule has 0 amide bonds. The minimum Gasteiger partial charge on any atom is -0.340 e. The molecule has 2 aromatic heterocycles. The molecule has 0 fully saturated rings. The van der Waals surface area contributed by atoms with E-state index in [2.05, 4.69) is 43.3 Å². The molecule has 0 aliphatic rings. The van der Waals surface area contributed by atoms with Crippen molar-refractivity contribution >= 4 is 40.4 Å². The summed E-state index contributed by atoms with van der Waals surface area (Å²) in [7, 11) is 0. The zero-order valence-corrected chi connectivity index (χ0v) is 17.4. The number of rotatable bonds is 3. The zero-order chi connectivity index (χ0) is 19.9. The standard InChI is InChI=1S/C22H20Cl2N4/c1-22(2,3)19-12-20(26-15-9-10-17(23)18(24)11-15)28-21(27-19)16(13-25-28)14-7-5-4-6-8-14/h4-13,26H,1-3H3. The highest BCUT2D eigenvalue weighted by molar-refractivity contribution is 6.42. The summed E-state index contributed by atoms with van der Waals surface area (Å²) < 4.78 is 1.82. The molecule has 0 radical (unpaired) electrons. The second-order valence-electron chi connectivity index (χ2n) is 7.69. The van der Waals surface area contributed by atoms with Crippen molar-refractivity contribution in [1.82, 2.24) is 14.6 Å². The van der Waals surface area contributed by atoms with Gasteiger partial charge in [-0.25, -0.2) is 4.98 Å². The maximum Gasteiger partial charge on any atom is 0.165 e. The third kappa shape index (κ3) is 3.58. The first-order chi connectivity index (χ1) is 13.3. The lowest BCUT2D eigenvalue weighted by Gasteiger charge is -2.20. The van der Waals surface area contributed by atoms with Crippen LogP contribution in [0.25, 0.3) is 16.8 Å². The Bertz CT molecular complexity index is 1140. The molecule has 0 saturated heterocycles. The molecule has 6 heteroatoms. The highest BCUT2D eigenvalue weighted by atomic mass is 35.5. The molecule has 0 saturated carbocycles. The van der Waals surface area contributed by atoms with Crippen LogP contribution in [0.2, 0.25) is 10.0 Å². The molecule has 0 unspecified atom stereocenters. The Balaban J connectivity index is 1.89. The van der Waals surface area contributed by atoms with E-state index in [0.717, 1.165) is 34.0 Å². The molecule has 2 heterocycles. The molecule has 4 nitrogen and oxygen atoms in total. The second kappa shape index (κ2) is 7.12. The van der Waals surface area contributed by atoms with E-state index in [0.29, 0.717) is 10.0 Å². The molecule has 0 aliphatic carbocycles. The van der Waals surface area contributed by atoms with Gasteiger partial charge in [-0.3, -0.25) is 0 Å². The van der Waals surface area contributed by atoms with Crippen LogP contribution in [0, 0.1) is 0 Å². The van der Waals surface area contributed by atoms with Crippen molar-refractivity contribution in [3.63, 3.8) is 0 Å². The third-order valence-corrected chi connectivity index (χ3v) is 5.26. The van der Waals surface area contributed by atoms with E-state index in [9.17, 15) is 0 Å². The lowest BCUT2D eigenvalue weighted by molar-refractivity contribution is 0.569. The Morgan fingerprint density at radius 2 is 1.68 bits per heavy atom. The average Bonchev–Trinajstić information content (AvgIpc) is 3.09. The predicted molar refractivity (Wildman–Crippen MR) is 117 cm³/mol. The summed E-state index contributed by atoms with van der Waals surface area (Å²) >= 11 is 12.2. The van der Waals surface area contributed by atoms with Gasteiger partial charge in [0.1, 0.15) is 5.82 Å². The number of hydrogen-bond donors (Lipinski definition) is 1. The van der Waals surface area contributed by atoms with Gasteiger partial charge in [0.15, 0.2) is 5.65 Å². The van der Waals surface area contributed by atoms with Crippen LogP contribution in [0.4, 0.5) is 11.5 Å². The zero-order valence-electron chi connectivity index (χ0n) is 15.9. The summed E-state index contributed by atoms with van der Waals surface area (Å²) in [6, 6.07) is 17.6. The summed E-state index contributed by atoms with van der Waals surface area (Å²) in [5.41, 5.74) is 4.56. The quantitative estimate of drug-likeness (QED) is 0.406. The molecular weight excluding hydrogens is 391 g/mol. The summed E-state index contributed by atoms with van der Waals surface area (Å²) in [6.45, 7) is 6.44. The van der Waals surface area contributed by atoms with Crippen LogP contribution in [0.1, 0.15) is 26.5 Å². The fourth-order valence-corrected chi connectivity index (χ4v) is 3.28. The molecule has 0 aliphatic heterocycles. The van der Waals surface area contributed by atoms with Gasteiger partial charge in [0.25, 0.3) is 0 Å².